The topological polar surface area (TPSA) is 158 Å². The highest BCUT2D eigenvalue weighted by Gasteiger charge is 2.29. The van der Waals surface area contributed by atoms with Crippen molar-refractivity contribution in [3.05, 3.63) is 47.4 Å². The number of aliphatic imine (C=N–C) groups is 1. The van der Waals surface area contributed by atoms with Crippen LogP contribution in [0.4, 0.5) is 14.7 Å². The molecule has 2 heterocycles. The largest absolute Gasteiger partial charge is 0.494 e. The molecule has 33 heavy (non-hydrogen) atoms. The van der Waals surface area contributed by atoms with Gasteiger partial charge in [-0.25, -0.2) is 18.7 Å². The Morgan fingerprint density at radius 1 is 1.21 bits per heavy atom. The summed E-state index contributed by atoms with van der Waals surface area (Å²) in [5.74, 6) is -2.78. The zero-order chi connectivity index (χ0) is 24.1. The third kappa shape index (κ3) is 5.44. The standard InChI is InChI=1S/C20H22F2N6O5/c1-31-14-4-15(32-2)18(22)12(17(14)21)9-33-11-5-25-20(26-6-11)27-16(24)3-13(23)19(30)28-7-10(29)8-28/h3-6,10,29H,7-9,23H2,1-2H3,(H2,24,25,26,27). The number of benzene rings is 1. The Morgan fingerprint density at radius 3 is 2.30 bits per heavy atom. The maximum absolute atomic E-state index is 14.4. The predicted octanol–water partition coefficient (Wildman–Crippen LogP) is 0.385. The van der Waals surface area contributed by atoms with Crippen molar-refractivity contribution in [1.29, 1.82) is 0 Å². The van der Waals surface area contributed by atoms with E-state index in [-0.39, 0.29) is 47.8 Å². The van der Waals surface area contributed by atoms with Gasteiger partial charge < -0.3 is 35.7 Å². The lowest BCUT2D eigenvalue weighted by Gasteiger charge is -2.35. The summed E-state index contributed by atoms with van der Waals surface area (Å²) in [6.07, 6.45) is 3.06. The fourth-order valence-corrected chi connectivity index (χ4v) is 2.83. The molecular weight excluding hydrogens is 442 g/mol. The van der Waals surface area contributed by atoms with Crippen molar-refractivity contribution in [2.45, 2.75) is 12.7 Å². The van der Waals surface area contributed by atoms with Crippen molar-refractivity contribution >= 4 is 17.7 Å². The molecule has 3 rings (SSSR count). The van der Waals surface area contributed by atoms with Crippen LogP contribution < -0.4 is 25.7 Å². The second-order valence-electron chi connectivity index (χ2n) is 6.90. The molecule has 1 saturated heterocycles. The molecule has 1 amide bonds. The van der Waals surface area contributed by atoms with Crippen LogP contribution in [0.5, 0.6) is 17.2 Å². The molecule has 0 atom stereocenters. The van der Waals surface area contributed by atoms with Gasteiger partial charge in [0.05, 0.1) is 38.3 Å². The van der Waals surface area contributed by atoms with Crippen LogP contribution in [-0.4, -0.2) is 65.1 Å². The van der Waals surface area contributed by atoms with Crippen LogP contribution in [-0.2, 0) is 11.4 Å². The summed E-state index contributed by atoms with van der Waals surface area (Å²) in [6, 6.07) is 1.09. The van der Waals surface area contributed by atoms with Gasteiger partial charge in [-0.3, -0.25) is 4.79 Å². The number of amides is 1. The molecule has 0 bridgehead atoms. The van der Waals surface area contributed by atoms with Crippen molar-refractivity contribution in [3.8, 4) is 17.2 Å². The van der Waals surface area contributed by atoms with E-state index < -0.39 is 35.8 Å². The first-order chi connectivity index (χ1) is 15.7. The number of likely N-dealkylation sites (tertiary alicyclic amines) is 1. The van der Waals surface area contributed by atoms with Crippen LogP contribution >= 0.6 is 0 Å². The Balaban J connectivity index is 1.66. The average molecular weight is 464 g/mol. The van der Waals surface area contributed by atoms with Gasteiger partial charge in [-0.15, -0.1) is 0 Å². The van der Waals surface area contributed by atoms with Gasteiger partial charge in [0.2, 0.25) is 0 Å². The molecule has 1 aliphatic heterocycles. The van der Waals surface area contributed by atoms with Crippen LogP contribution in [0.25, 0.3) is 0 Å². The minimum Gasteiger partial charge on any atom is -0.494 e. The number of hydrogen-bond donors (Lipinski definition) is 3. The van der Waals surface area contributed by atoms with Gasteiger partial charge in [-0.05, 0) is 0 Å². The van der Waals surface area contributed by atoms with Crippen LogP contribution in [0, 0.1) is 11.6 Å². The number of methoxy groups -OCH3 is 2. The molecular formula is C20H22F2N6O5. The zero-order valence-electron chi connectivity index (χ0n) is 17.8. The molecule has 0 saturated carbocycles. The molecule has 176 valence electrons. The fourth-order valence-electron chi connectivity index (χ4n) is 2.83. The van der Waals surface area contributed by atoms with Gasteiger partial charge in [0.1, 0.15) is 18.1 Å². The second kappa shape index (κ2) is 10.1. The van der Waals surface area contributed by atoms with Crippen LogP contribution in [0.1, 0.15) is 5.56 Å². The number of aromatic nitrogens is 2. The number of aliphatic hydroxyl groups is 1. The van der Waals surface area contributed by atoms with E-state index in [0.717, 1.165) is 12.1 Å². The number of aliphatic hydroxyl groups excluding tert-OH is 1. The lowest BCUT2D eigenvalue weighted by molar-refractivity contribution is -0.136. The third-order valence-corrected chi connectivity index (χ3v) is 4.59. The molecule has 1 aromatic carbocycles. The van der Waals surface area contributed by atoms with Gasteiger partial charge in [-0.1, -0.05) is 0 Å². The number of hydrogen-bond acceptors (Lipinski definition) is 9. The Kier molecular flexibility index (Phi) is 7.23. The number of nitrogens with two attached hydrogens (primary N) is 2. The molecule has 0 spiro atoms. The highest BCUT2D eigenvalue weighted by Crippen LogP contribution is 2.32. The summed E-state index contributed by atoms with van der Waals surface area (Å²) in [7, 11) is 2.49. The molecule has 1 aromatic heterocycles. The normalized spacial score (nSPS) is 14.6. The first kappa shape index (κ1) is 23.7. The molecule has 1 fully saturated rings. The third-order valence-electron chi connectivity index (χ3n) is 4.59. The first-order valence-corrected chi connectivity index (χ1v) is 9.55. The first-order valence-electron chi connectivity index (χ1n) is 9.55. The van der Waals surface area contributed by atoms with Gasteiger partial charge in [0.25, 0.3) is 11.9 Å². The predicted molar refractivity (Wildman–Crippen MR) is 112 cm³/mol. The Hall–Kier alpha value is -4.00. The Bertz CT molecular complexity index is 1060. The van der Waals surface area contributed by atoms with Crippen molar-refractivity contribution < 1.29 is 32.9 Å². The number of rotatable bonds is 8. The van der Waals surface area contributed by atoms with Gasteiger partial charge in [0.15, 0.2) is 28.9 Å². The molecule has 0 unspecified atom stereocenters. The molecule has 13 heteroatoms. The maximum Gasteiger partial charge on any atom is 0.270 e. The smallest absolute Gasteiger partial charge is 0.270 e. The summed E-state index contributed by atoms with van der Waals surface area (Å²) in [5.41, 5.74) is 10.9. The number of β-amino-alcohol motifs (C(OH)–C–C–N with tert-alkyl or cyclic N) is 1. The van der Waals surface area contributed by atoms with E-state index >= 15 is 0 Å². The number of ether oxygens (including phenoxy) is 3. The number of carbonyl (C=O) groups excluding carboxylic acids is 1. The lowest BCUT2D eigenvalue weighted by atomic mass is 10.1. The Labute approximate surface area is 187 Å². The molecule has 0 aliphatic carbocycles. The van der Waals surface area contributed by atoms with Crippen LogP contribution in [0.2, 0.25) is 0 Å². The van der Waals surface area contributed by atoms with Crippen molar-refractivity contribution in [2.24, 2.45) is 16.5 Å². The van der Waals surface area contributed by atoms with E-state index in [4.69, 9.17) is 25.7 Å². The van der Waals surface area contributed by atoms with E-state index in [1.165, 1.54) is 31.5 Å². The zero-order valence-corrected chi connectivity index (χ0v) is 17.8. The molecule has 11 nitrogen and oxygen atoms in total. The van der Waals surface area contributed by atoms with E-state index in [9.17, 15) is 18.7 Å². The average Bonchev–Trinajstić information content (AvgIpc) is 2.77. The van der Waals surface area contributed by atoms with E-state index in [2.05, 4.69) is 15.0 Å². The van der Waals surface area contributed by atoms with E-state index in [0.29, 0.717) is 0 Å². The second-order valence-corrected chi connectivity index (χ2v) is 6.90. The van der Waals surface area contributed by atoms with E-state index in [1.807, 2.05) is 0 Å². The number of amidine groups is 1. The maximum atomic E-state index is 14.4. The van der Waals surface area contributed by atoms with Crippen molar-refractivity contribution in [3.63, 3.8) is 0 Å². The summed E-state index contributed by atoms with van der Waals surface area (Å²) in [5, 5.41) is 9.25. The van der Waals surface area contributed by atoms with E-state index in [1.54, 1.807) is 0 Å². The lowest BCUT2D eigenvalue weighted by Crippen LogP contribution is -2.54. The SMILES string of the molecule is COc1cc(OC)c(F)c(COc2cnc(N=C(N)C=C(N)C(=O)N3CC(O)C3)nc2)c1F. The van der Waals surface area contributed by atoms with Gasteiger partial charge >= 0.3 is 0 Å². The highest BCUT2D eigenvalue weighted by atomic mass is 19.1. The van der Waals surface area contributed by atoms with Gasteiger partial charge in [0, 0.05) is 25.2 Å². The Morgan fingerprint density at radius 2 is 1.79 bits per heavy atom. The van der Waals surface area contributed by atoms with Crippen molar-refractivity contribution in [1.82, 2.24) is 14.9 Å². The quantitative estimate of drug-likeness (QED) is 0.285. The molecule has 2 aromatic rings. The monoisotopic (exact) mass is 464 g/mol. The summed E-state index contributed by atoms with van der Waals surface area (Å²) in [6.45, 7) is -0.0808. The number of halogens is 2. The van der Waals surface area contributed by atoms with Gasteiger partial charge in [-0.2, -0.15) is 4.99 Å². The minimum absolute atomic E-state index is 0.0591. The highest BCUT2D eigenvalue weighted by molar-refractivity contribution is 6.02. The number of carbonyl (C=O) groups is 1. The number of nitrogens with zero attached hydrogens (tertiary/aromatic N) is 4. The molecule has 5 N–H and O–H groups in total. The van der Waals surface area contributed by atoms with Crippen molar-refractivity contribution in [2.75, 3.05) is 27.3 Å². The fraction of sp³-hybridized carbons (Fsp3) is 0.300. The molecule has 1 aliphatic rings. The minimum atomic E-state index is -0.919. The summed E-state index contributed by atoms with van der Waals surface area (Å²) >= 11 is 0. The molecule has 0 radical (unpaired) electrons. The van der Waals surface area contributed by atoms with Crippen LogP contribution in [0.15, 0.2) is 35.2 Å². The van der Waals surface area contributed by atoms with Crippen LogP contribution in [0.3, 0.4) is 0 Å². The summed E-state index contributed by atoms with van der Waals surface area (Å²) in [4.78, 5) is 25.1. The summed E-state index contributed by atoms with van der Waals surface area (Å²) < 4.78 is 43.9.